The lowest BCUT2D eigenvalue weighted by Crippen LogP contribution is -2.22. The first-order valence-corrected chi connectivity index (χ1v) is 9.30. The van der Waals surface area contributed by atoms with E-state index in [0.29, 0.717) is 41.8 Å². The van der Waals surface area contributed by atoms with Gasteiger partial charge < -0.3 is 10.1 Å². The zero-order valence-corrected chi connectivity index (χ0v) is 16.1. The van der Waals surface area contributed by atoms with Gasteiger partial charge in [0.05, 0.1) is 17.3 Å². The normalized spacial score (nSPS) is 10.6. The van der Waals surface area contributed by atoms with Gasteiger partial charge in [0.2, 0.25) is 5.91 Å². The van der Waals surface area contributed by atoms with Crippen molar-refractivity contribution in [3.63, 3.8) is 0 Å². The number of amides is 1. The van der Waals surface area contributed by atoms with E-state index >= 15 is 0 Å². The largest absolute Gasteiger partial charge is 0.492 e. The molecule has 140 valence electrons. The summed E-state index contributed by atoms with van der Waals surface area (Å²) in [7, 11) is 0. The van der Waals surface area contributed by atoms with Crippen LogP contribution < -0.4 is 10.1 Å². The number of aromatic amines is 1. The number of carbonyl (C=O) groups excluding carboxylic acids is 1. The van der Waals surface area contributed by atoms with Crippen molar-refractivity contribution in [2.45, 2.75) is 19.4 Å². The van der Waals surface area contributed by atoms with Gasteiger partial charge in [-0.25, -0.2) is 0 Å². The zero-order valence-electron chi connectivity index (χ0n) is 14.5. The number of halogens is 2. The van der Waals surface area contributed by atoms with Crippen LogP contribution in [0.5, 0.6) is 5.75 Å². The Hall–Kier alpha value is -2.50. The van der Waals surface area contributed by atoms with E-state index in [1.807, 2.05) is 30.3 Å². The van der Waals surface area contributed by atoms with E-state index in [1.165, 1.54) is 0 Å². The van der Waals surface area contributed by atoms with E-state index in [2.05, 4.69) is 15.5 Å². The first-order valence-electron chi connectivity index (χ1n) is 8.55. The van der Waals surface area contributed by atoms with Crippen LogP contribution in [0.4, 0.5) is 0 Å². The quantitative estimate of drug-likeness (QED) is 0.527. The van der Waals surface area contributed by atoms with E-state index in [4.69, 9.17) is 27.9 Å². The lowest BCUT2D eigenvalue weighted by atomic mass is 10.1. The van der Waals surface area contributed by atoms with Gasteiger partial charge in [0, 0.05) is 24.2 Å². The topological polar surface area (TPSA) is 67.0 Å². The van der Waals surface area contributed by atoms with E-state index < -0.39 is 0 Å². The smallest absolute Gasteiger partial charge is 0.220 e. The van der Waals surface area contributed by atoms with Gasteiger partial charge in [-0.2, -0.15) is 5.10 Å². The number of aromatic nitrogens is 2. The molecule has 0 spiro atoms. The third kappa shape index (κ3) is 5.74. The van der Waals surface area contributed by atoms with Crippen LogP contribution in [0.3, 0.4) is 0 Å². The SMILES string of the molecule is O=C(CCCOc1ccc(Cl)cc1Cl)NCc1ccc(-c2ccn[nH]2)cc1. The summed E-state index contributed by atoms with van der Waals surface area (Å²) in [4.78, 5) is 12.0. The molecular formula is C20H19Cl2N3O2. The Morgan fingerprint density at radius 3 is 2.63 bits per heavy atom. The van der Waals surface area contributed by atoms with Gasteiger partial charge in [-0.05, 0) is 41.8 Å². The fraction of sp³-hybridized carbons (Fsp3) is 0.200. The predicted octanol–water partition coefficient (Wildman–Crippen LogP) is 4.86. The molecule has 27 heavy (non-hydrogen) atoms. The fourth-order valence-corrected chi connectivity index (χ4v) is 2.98. The molecule has 0 fully saturated rings. The second kappa shape index (κ2) is 9.44. The van der Waals surface area contributed by atoms with Crippen molar-refractivity contribution in [3.8, 4) is 17.0 Å². The average Bonchev–Trinajstić information content (AvgIpc) is 3.20. The Bertz CT molecular complexity index is 881. The molecule has 1 heterocycles. The Labute approximate surface area is 167 Å². The monoisotopic (exact) mass is 403 g/mol. The van der Waals surface area contributed by atoms with Crippen molar-refractivity contribution in [3.05, 3.63) is 70.3 Å². The Kier molecular flexibility index (Phi) is 6.74. The zero-order chi connectivity index (χ0) is 19.1. The number of carbonyl (C=O) groups is 1. The third-order valence-corrected chi connectivity index (χ3v) is 4.49. The van der Waals surface area contributed by atoms with Gasteiger partial charge >= 0.3 is 0 Å². The molecule has 0 aliphatic rings. The lowest BCUT2D eigenvalue weighted by Gasteiger charge is -2.09. The molecule has 0 atom stereocenters. The second-order valence-electron chi connectivity index (χ2n) is 5.97. The Balaban J connectivity index is 1.37. The summed E-state index contributed by atoms with van der Waals surface area (Å²) in [5.74, 6) is 0.553. The minimum Gasteiger partial charge on any atom is -0.492 e. The van der Waals surface area contributed by atoms with E-state index in [9.17, 15) is 4.79 Å². The Morgan fingerprint density at radius 1 is 1.11 bits per heavy atom. The van der Waals surface area contributed by atoms with Gasteiger partial charge in [0.1, 0.15) is 5.75 Å². The molecule has 0 saturated carbocycles. The summed E-state index contributed by atoms with van der Waals surface area (Å²) >= 11 is 11.9. The summed E-state index contributed by atoms with van der Waals surface area (Å²) in [6.07, 6.45) is 2.70. The number of nitrogens with zero attached hydrogens (tertiary/aromatic N) is 1. The van der Waals surface area contributed by atoms with Gasteiger partial charge in [-0.3, -0.25) is 9.89 Å². The molecule has 0 unspecified atom stereocenters. The van der Waals surface area contributed by atoms with Crippen LogP contribution in [-0.4, -0.2) is 22.7 Å². The van der Waals surface area contributed by atoms with Gasteiger partial charge in [0.15, 0.2) is 0 Å². The Morgan fingerprint density at radius 2 is 1.93 bits per heavy atom. The van der Waals surface area contributed by atoms with Crippen LogP contribution in [0.15, 0.2) is 54.7 Å². The van der Waals surface area contributed by atoms with E-state index in [0.717, 1.165) is 16.8 Å². The molecule has 7 heteroatoms. The fourth-order valence-electron chi connectivity index (χ4n) is 2.51. The van der Waals surface area contributed by atoms with E-state index in [-0.39, 0.29) is 5.91 Å². The molecule has 5 nitrogen and oxygen atoms in total. The minimum absolute atomic E-state index is 0.0153. The molecular weight excluding hydrogens is 385 g/mol. The highest BCUT2D eigenvalue weighted by Gasteiger charge is 2.05. The van der Waals surface area contributed by atoms with Crippen molar-refractivity contribution < 1.29 is 9.53 Å². The summed E-state index contributed by atoms with van der Waals surface area (Å²) in [5.41, 5.74) is 3.06. The minimum atomic E-state index is -0.0153. The number of hydrogen-bond acceptors (Lipinski definition) is 3. The highest BCUT2D eigenvalue weighted by Crippen LogP contribution is 2.27. The summed E-state index contributed by atoms with van der Waals surface area (Å²) in [6.45, 7) is 0.902. The average molecular weight is 404 g/mol. The molecule has 0 aliphatic carbocycles. The molecule has 0 aliphatic heterocycles. The molecule has 0 radical (unpaired) electrons. The molecule has 1 amide bonds. The first kappa shape index (κ1) is 19.3. The summed E-state index contributed by atoms with van der Waals surface area (Å²) in [6, 6.07) is 14.9. The van der Waals surface area contributed by atoms with Crippen molar-refractivity contribution >= 4 is 29.1 Å². The lowest BCUT2D eigenvalue weighted by molar-refractivity contribution is -0.121. The van der Waals surface area contributed by atoms with Crippen LogP contribution in [0.2, 0.25) is 10.0 Å². The summed E-state index contributed by atoms with van der Waals surface area (Å²) in [5, 5.41) is 10.8. The maximum absolute atomic E-state index is 12.0. The van der Waals surface area contributed by atoms with Gasteiger partial charge in [-0.15, -0.1) is 0 Å². The summed E-state index contributed by atoms with van der Waals surface area (Å²) < 4.78 is 5.57. The van der Waals surface area contributed by atoms with Crippen molar-refractivity contribution in [1.29, 1.82) is 0 Å². The van der Waals surface area contributed by atoms with Crippen LogP contribution in [0, 0.1) is 0 Å². The van der Waals surface area contributed by atoms with Crippen molar-refractivity contribution in [1.82, 2.24) is 15.5 Å². The number of H-pyrrole nitrogens is 1. The predicted molar refractivity (Wildman–Crippen MR) is 107 cm³/mol. The number of benzene rings is 2. The number of nitrogens with one attached hydrogen (secondary N) is 2. The molecule has 3 rings (SSSR count). The highest BCUT2D eigenvalue weighted by atomic mass is 35.5. The molecule has 2 N–H and O–H groups in total. The number of ether oxygens (including phenoxy) is 1. The molecule has 3 aromatic rings. The van der Waals surface area contributed by atoms with Crippen molar-refractivity contribution in [2.24, 2.45) is 0 Å². The number of hydrogen-bond donors (Lipinski definition) is 2. The van der Waals surface area contributed by atoms with E-state index in [1.54, 1.807) is 24.4 Å². The number of rotatable bonds is 8. The molecule has 0 bridgehead atoms. The molecule has 1 aromatic heterocycles. The van der Waals surface area contributed by atoms with Crippen molar-refractivity contribution in [2.75, 3.05) is 6.61 Å². The van der Waals surface area contributed by atoms with Crippen LogP contribution in [-0.2, 0) is 11.3 Å². The first-order chi connectivity index (χ1) is 13.1. The highest BCUT2D eigenvalue weighted by molar-refractivity contribution is 6.35. The molecule has 0 saturated heterocycles. The maximum Gasteiger partial charge on any atom is 0.220 e. The third-order valence-electron chi connectivity index (χ3n) is 3.96. The molecule has 2 aromatic carbocycles. The van der Waals surface area contributed by atoms with Gasteiger partial charge in [-0.1, -0.05) is 47.5 Å². The second-order valence-corrected chi connectivity index (χ2v) is 6.81. The maximum atomic E-state index is 12.0. The van der Waals surface area contributed by atoms with Crippen LogP contribution >= 0.6 is 23.2 Å². The van der Waals surface area contributed by atoms with Crippen LogP contribution in [0.1, 0.15) is 18.4 Å². The van der Waals surface area contributed by atoms with Gasteiger partial charge in [0.25, 0.3) is 0 Å². The standard InChI is InChI=1S/C20H19Cl2N3O2/c21-16-7-8-19(17(22)12-16)27-11-1-2-20(26)23-13-14-3-5-15(6-4-14)18-9-10-24-25-18/h3-10,12H,1-2,11,13H2,(H,23,26)(H,24,25). The van der Waals surface area contributed by atoms with Crippen LogP contribution in [0.25, 0.3) is 11.3 Å².